The Labute approximate surface area is 317 Å². The second kappa shape index (κ2) is 33.4. The predicted molar refractivity (Wildman–Crippen MR) is 209 cm³/mol. The van der Waals surface area contributed by atoms with Crippen molar-refractivity contribution in [3.8, 4) is 11.3 Å². The van der Waals surface area contributed by atoms with Crippen LogP contribution in [-0.4, -0.2) is 101 Å². The highest BCUT2D eigenvalue weighted by Crippen LogP contribution is 2.34. The van der Waals surface area contributed by atoms with Gasteiger partial charge in [-0.25, -0.2) is 13.4 Å². The first kappa shape index (κ1) is 57.9. The average molecular weight is 818 g/mol. The number of aromatic nitrogens is 3. The lowest BCUT2D eigenvalue weighted by Gasteiger charge is -2.09. The Hall–Kier alpha value is -1.40. The highest BCUT2D eigenvalue weighted by atomic mass is 35.7. The first-order valence-electron chi connectivity index (χ1n) is 15.2. The molecule has 0 saturated carbocycles. The number of aliphatic hydroxyl groups is 1. The first-order chi connectivity index (χ1) is 22.1. The van der Waals surface area contributed by atoms with Gasteiger partial charge in [-0.05, 0) is 54.0 Å². The number of hydrogen-bond donors (Lipinski definition) is 2. The maximum Gasteiger partial charge on any atom is 0.264 e. The number of halogens is 3. The van der Waals surface area contributed by atoms with Crippen LogP contribution in [0.2, 0.25) is 10.0 Å². The van der Waals surface area contributed by atoms with Crippen molar-refractivity contribution in [3.63, 3.8) is 0 Å². The topological polar surface area (TPSA) is 190 Å². The number of hydrogen-bond acceptors (Lipinski definition) is 13. The fourth-order valence-corrected chi connectivity index (χ4v) is 3.43. The SMILES string of the molecule is C.C.CC(C)OCCCc1nnc(-c2cccc(Cl)c2Cl)c(N)n1.CC(C)OCCO.CC(C)OCCOS(C)(=O)=O.CCC.CS(=O)(=O)Cl. The Balaban J connectivity index is -0.000000202. The number of nitrogens with two attached hydrogens (primary N) is 1. The van der Waals surface area contributed by atoms with E-state index >= 15 is 0 Å². The van der Waals surface area contributed by atoms with Crippen molar-refractivity contribution in [1.82, 2.24) is 15.2 Å². The Bertz CT molecular complexity index is 1310. The molecule has 0 aliphatic rings. The lowest BCUT2D eigenvalue weighted by atomic mass is 10.1. The molecule has 50 heavy (non-hydrogen) atoms. The van der Waals surface area contributed by atoms with Crippen LogP contribution in [0, 0.1) is 0 Å². The van der Waals surface area contributed by atoms with E-state index in [-0.39, 0.29) is 46.4 Å². The summed E-state index contributed by atoms with van der Waals surface area (Å²) in [6, 6.07) is 5.27. The zero-order valence-electron chi connectivity index (χ0n) is 29.7. The minimum Gasteiger partial charge on any atom is -0.394 e. The molecule has 0 atom stereocenters. The van der Waals surface area contributed by atoms with Crippen LogP contribution in [0.5, 0.6) is 0 Å². The van der Waals surface area contributed by atoms with E-state index in [2.05, 4.69) is 43.9 Å². The van der Waals surface area contributed by atoms with Gasteiger partial charge in [0.05, 0.1) is 67.3 Å². The van der Waals surface area contributed by atoms with Crippen LogP contribution >= 0.6 is 33.9 Å². The number of aryl methyl sites for hydroxylation is 1. The third-order valence-corrected chi connectivity index (χ3v) is 5.75. The lowest BCUT2D eigenvalue weighted by Crippen LogP contribution is -2.12. The van der Waals surface area contributed by atoms with Crippen molar-refractivity contribution in [2.75, 3.05) is 51.3 Å². The summed E-state index contributed by atoms with van der Waals surface area (Å²) in [5.74, 6) is 0.880. The molecule has 0 spiro atoms. The zero-order chi connectivity index (χ0) is 37.9. The molecule has 1 aromatic carbocycles. The molecule has 1 heterocycles. The van der Waals surface area contributed by atoms with Crippen LogP contribution in [0.1, 0.15) is 88.9 Å². The second-order valence-corrected chi connectivity index (χ2v) is 16.0. The molecule has 18 heteroatoms. The molecule has 0 aliphatic heterocycles. The van der Waals surface area contributed by atoms with Crippen LogP contribution in [0.15, 0.2) is 18.2 Å². The van der Waals surface area contributed by atoms with Gasteiger partial charge < -0.3 is 25.1 Å². The number of benzene rings is 1. The van der Waals surface area contributed by atoms with E-state index in [1.807, 2.05) is 41.5 Å². The number of nitrogens with zero attached hydrogens (tertiary/aromatic N) is 3. The summed E-state index contributed by atoms with van der Waals surface area (Å²) in [6.45, 7) is 17.5. The van der Waals surface area contributed by atoms with Crippen molar-refractivity contribution in [2.45, 2.75) is 108 Å². The van der Waals surface area contributed by atoms with Crippen molar-refractivity contribution >= 4 is 58.9 Å². The summed E-state index contributed by atoms with van der Waals surface area (Å²) < 4.78 is 59.5. The fourth-order valence-electron chi connectivity index (χ4n) is 2.66. The van der Waals surface area contributed by atoms with Gasteiger partial charge in [0.25, 0.3) is 10.1 Å². The second-order valence-electron chi connectivity index (χ2n) is 10.6. The first-order valence-corrected chi connectivity index (χ1v) is 20.5. The molecular formula is C32H63Cl3N4O9S2. The molecule has 2 rings (SSSR count). The summed E-state index contributed by atoms with van der Waals surface area (Å²) in [6.07, 6.45) is 5.24. The van der Waals surface area contributed by atoms with E-state index in [1.54, 1.807) is 18.2 Å². The molecule has 0 fully saturated rings. The standard InChI is InChI=1S/C15H18Cl2N4O.C6H14O4S.C5H12O2.C3H8.CH3ClO2S.2CH4/c1-9(2)22-8-4-7-12-19-15(18)14(21-20-12)10-5-3-6-11(16)13(10)17;1-6(2)9-4-5-10-11(3,7)8;1-5(2)7-4-3-6;1-3-2;1-5(2,3)4;;/h3,5-6,9H,4,7-8H2,1-2H3,(H2,18,19,20);6H,4-5H2,1-3H3;5-6H,3-4H2,1-2H3;3H2,1-2H3;1H3;2*1H4. The average Bonchev–Trinajstić information content (AvgIpc) is 2.94. The van der Waals surface area contributed by atoms with E-state index in [4.69, 9.17) is 48.3 Å². The van der Waals surface area contributed by atoms with Crippen LogP contribution in [0.4, 0.5) is 5.82 Å². The summed E-state index contributed by atoms with van der Waals surface area (Å²) in [5.41, 5.74) is 7.04. The van der Waals surface area contributed by atoms with Crippen LogP contribution in [0.25, 0.3) is 11.3 Å². The van der Waals surface area contributed by atoms with Gasteiger partial charge in [0, 0.05) is 29.3 Å². The number of aliphatic hydroxyl groups excluding tert-OH is 1. The number of ether oxygens (including phenoxy) is 3. The van der Waals surface area contributed by atoms with E-state index in [0.717, 1.165) is 18.9 Å². The highest BCUT2D eigenvalue weighted by Gasteiger charge is 2.14. The van der Waals surface area contributed by atoms with E-state index in [9.17, 15) is 16.8 Å². The molecule has 0 bridgehead atoms. The summed E-state index contributed by atoms with van der Waals surface area (Å²) >= 11 is 12.2. The summed E-state index contributed by atoms with van der Waals surface area (Å²) in [4.78, 5) is 4.28. The molecule has 0 amide bonds. The van der Waals surface area contributed by atoms with E-state index in [1.165, 1.54) is 6.42 Å². The van der Waals surface area contributed by atoms with Gasteiger partial charge in [-0.3, -0.25) is 4.18 Å². The Morgan fingerprint density at radius 1 is 0.820 bits per heavy atom. The molecule has 2 aromatic rings. The van der Waals surface area contributed by atoms with Crippen molar-refractivity contribution < 1.29 is 40.3 Å². The normalized spacial score (nSPS) is 10.6. The maximum atomic E-state index is 10.4. The van der Waals surface area contributed by atoms with Crippen molar-refractivity contribution in [2.24, 2.45) is 0 Å². The molecule has 0 aliphatic carbocycles. The van der Waals surface area contributed by atoms with Gasteiger partial charge >= 0.3 is 0 Å². The van der Waals surface area contributed by atoms with Gasteiger partial charge in [-0.2, -0.15) is 8.42 Å². The fraction of sp³-hybridized carbons (Fsp3) is 0.719. The lowest BCUT2D eigenvalue weighted by molar-refractivity contribution is 0.0494. The monoisotopic (exact) mass is 816 g/mol. The molecule has 298 valence electrons. The predicted octanol–water partition coefficient (Wildman–Crippen LogP) is 7.45. The summed E-state index contributed by atoms with van der Waals surface area (Å²) in [7, 11) is -1.99. The molecule has 0 radical (unpaired) electrons. The smallest absolute Gasteiger partial charge is 0.264 e. The number of nitrogen functional groups attached to an aromatic ring is 1. The van der Waals surface area contributed by atoms with Gasteiger partial charge in [-0.15, -0.1) is 10.2 Å². The molecule has 0 saturated heterocycles. The highest BCUT2D eigenvalue weighted by molar-refractivity contribution is 8.13. The van der Waals surface area contributed by atoms with Crippen LogP contribution in [-0.2, 0) is 44.0 Å². The van der Waals surface area contributed by atoms with Gasteiger partial charge in [0.2, 0.25) is 9.05 Å². The Kier molecular flexibility index (Phi) is 38.7. The molecule has 3 N–H and O–H groups in total. The minimum absolute atomic E-state index is 0. The molecule has 13 nitrogen and oxygen atoms in total. The number of anilines is 1. The van der Waals surface area contributed by atoms with Crippen LogP contribution in [0.3, 0.4) is 0 Å². The van der Waals surface area contributed by atoms with Crippen LogP contribution < -0.4 is 5.73 Å². The Morgan fingerprint density at radius 2 is 1.28 bits per heavy atom. The van der Waals surface area contributed by atoms with E-state index < -0.39 is 19.2 Å². The van der Waals surface area contributed by atoms with Gasteiger partial charge in [0.1, 0.15) is 5.69 Å². The Morgan fingerprint density at radius 3 is 1.68 bits per heavy atom. The van der Waals surface area contributed by atoms with Gasteiger partial charge in [0.15, 0.2) is 11.6 Å². The summed E-state index contributed by atoms with van der Waals surface area (Å²) in [5, 5.41) is 17.3. The van der Waals surface area contributed by atoms with Gasteiger partial charge in [-0.1, -0.05) is 70.5 Å². The molecular weight excluding hydrogens is 755 g/mol. The van der Waals surface area contributed by atoms with Crippen molar-refractivity contribution in [1.29, 1.82) is 0 Å². The molecule has 0 unspecified atom stereocenters. The quantitative estimate of drug-likeness (QED) is 0.109. The largest absolute Gasteiger partial charge is 0.394 e. The third kappa shape index (κ3) is 41.0. The van der Waals surface area contributed by atoms with E-state index in [0.29, 0.717) is 59.2 Å². The molecule has 1 aromatic heterocycles. The minimum atomic E-state index is -3.30. The maximum absolute atomic E-state index is 10.4. The third-order valence-electron chi connectivity index (χ3n) is 4.33. The van der Waals surface area contributed by atoms with Crippen molar-refractivity contribution in [3.05, 3.63) is 34.1 Å². The number of rotatable bonds is 14. The zero-order valence-corrected chi connectivity index (χ0v) is 33.6.